The monoisotopic (exact) mass is 342 g/mol. The van der Waals surface area contributed by atoms with Crippen molar-refractivity contribution in [2.75, 3.05) is 0 Å². The molecule has 1 rings (SSSR count). The van der Waals surface area contributed by atoms with Gasteiger partial charge in [-0.3, -0.25) is 0 Å². The quantitative estimate of drug-likeness (QED) is 0.800. The molecule has 0 unspecified atom stereocenters. The molecular formula is C9H9Cl4F3N2. The Bertz CT molecular complexity index is 412. The second-order valence-corrected chi connectivity index (χ2v) is 4.53. The van der Waals surface area contributed by atoms with Gasteiger partial charge < -0.3 is 5.73 Å². The van der Waals surface area contributed by atoms with Crippen molar-refractivity contribution in [3.05, 3.63) is 27.0 Å². The molecule has 0 bridgehead atoms. The van der Waals surface area contributed by atoms with Gasteiger partial charge in [0, 0.05) is 24.2 Å². The Kier molecular flexibility index (Phi) is 7.03. The van der Waals surface area contributed by atoms with Gasteiger partial charge in [-0.15, -0.1) is 12.4 Å². The summed E-state index contributed by atoms with van der Waals surface area (Å²) in [5, 5.41) is 0.0661. The number of hydrogen-bond acceptors (Lipinski definition) is 2. The number of alkyl halides is 3. The summed E-state index contributed by atoms with van der Waals surface area (Å²) in [7, 11) is 0. The maximum Gasteiger partial charge on any atom is 0.389 e. The van der Waals surface area contributed by atoms with Crippen LogP contribution in [-0.2, 0) is 0 Å². The van der Waals surface area contributed by atoms with E-state index in [-0.39, 0.29) is 39.6 Å². The molecule has 0 aliphatic heterocycles. The van der Waals surface area contributed by atoms with Gasteiger partial charge in [0.15, 0.2) is 0 Å². The summed E-state index contributed by atoms with van der Waals surface area (Å²) in [5.41, 5.74) is 5.81. The molecule has 0 aliphatic carbocycles. The first kappa shape index (κ1) is 18.1. The van der Waals surface area contributed by atoms with Crippen LogP contribution in [-0.4, -0.2) is 11.2 Å². The summed E-state index contributed by atoms with van der Waals surface area (Å²) in [6.45, 7) is 0. The summed E-state index contributed by atoms with van der Waals surface area (Å²) >= 11 is 17.2. The molecule has 1 aromatic heterocycles. The first-order valence-corrected chi connectivity index (χ1v) is 5.67. The van der Waals surface area contributed by atoms with Gasteiger partial charge in [-0.1, -0.05) is 34.8 Å². The molecule has 0 saturated heterocycles. The van der Waals surface area contributed by atoms with Gasteiger partial charge in [0.1, 0.15) is 5.15 Å². The van der Waals surface area contributed by atoms with Crippen LogP contribution in [0.5, 0.6) is 0 Å². The summed E-state index contributed by atoms with van der Waals surface area (Å²) in [6.07, 6.45) is -4.39. The zero-order valence-electron chi connectivity index (χ0n) is 8.77. The lowest BCUT2D eigenvalue weighted by Crippen LogP contribution is -2.16. The topological polar surface area (TPSA) is 38.9 Å². The standard InChI is InChI=1S/C9H8Cl3F3N2.ClH/c10-4-3-17-8(12)7(11)6(4)5(16)1-2-9(13,14)15;/h3,5H,1-2,16H2;1H/t5-;/m0./s1. The van der Waals surface area contributed by atoms with E-state index in [9.17, 15) is 13.2 Å². The molecule has 0 amide bonds. The lowest BCUT2D eigenvalue weighted by atomic mass is 10.0. The maximum atomic E-state index is 12.1. The lowest BCUT2D eigenvalue weighted by molar-refractivity contribution is -0.136. The van der Waals surface area contributed by atoms with E-state index in [4.69, 9.17) is 40.5 Å². The number of nitrogens with zero attached hydrogens (tertiary/aromatic N) is 1. The van der Waals surface area contributed by atoms with Crippen molar-refractivity contribution in [1.29, 1.82) is 0 Å². The second kappa shape index (κ2) is 7.01. The van der Waals surface area contributed by atoms with E-state index in [0.717, 1.165) is 0 Å². The molecule has 104 valence electrons. The lowest BCUT2D eigenvalue weighted by Gasteiger charge is -2.16. The third-order valence-corrected chi connectivity index (χ3v) is 3.14. The number of hydrogen-bond donors (Lipinski definition) is 1. The van der Waals surface area contributed by atoms with Gasteiger partial charge in [-0.05, 0) is 6.42 Å². The molecule has 9 heteroatoms. The van der Waals surface area contributed by atoms with Crippen molar-refractivity contribution in [2.24, 2.45) is 5.73 Å². The van der Waals surface area contributed by atoms with Crippen LogP contribution in [0.3, 0.4) is 0 Å². The highest BCUT2D eigenvalue weighted by Gasteiger charge is 2.29. The van der Waals surface area contributed by atoms with Gasteiger partial charge >= 0.3 is 6.18 Å². The van der Waals surface area contributed by atoms with E-state index in [1.54, 1.807) is 0 Å². The van der Waals surface area contributed by atoms with Crippen LogP contribution >= 0.6 is 47.2 Å². The minimum absolute atomic E-state index is 0. The average molecular weight is 344 g/mol. The Morgan fingerprint density at radius 1 is 1.28 bits per heavy atom. The third kappa shape index (κ3) is 4.97. The van der Waals surface area contributed by atoms with Gasteiger partial charge in [0.25, 0.3) is 0 Å². The van der Waals surface area contributed by atoms with Gasteiger partial charge in [0.2, 0.25) is 0 Å². The molecule has 0 aliphatic rings. The first-order valence-electron chi connectivity index (χ1n) is 4.54. The molecule has 1 aromatic rings. The number of aromatic nitrogens is 1. The van der Waals surface area contributed by atoms with Gasteiger partial charge in [-0.25, -0.2) is 4.98 Å². The molecule has 2 nitrogen and oxygen atoms in total. The van der Waals surface area contributed by atoms with Crippen molar-refractivity contribution < 1.29 is 13.2 Å². The molecule has 0 radical (unpaired) electrons. The second-order valence-electron chi connectivity index (χ2n) is 3.38. The average Bonchev–Trinajstić information content (AvgIpc) is 2.20. The van der Waals surface area contributed by atoms with Crippen molar-refractivity contribution in [3.8, 4) is 0 Å². The molecule has 1 atom stereocenters. The van der Waals surface area contributed by atoms with Crippen LogP contribution in [0.1, 0.15) is 24.4 Å². The van der Waals surface area contributed by atoms with Crippen LogP contribution < -0.4 is 5.73 Å². The molecule has 1 heterocycles. The van der Waals surface area contributed by atoms with Gasteiger partial charge in [-0.2, -0.15) is 13.2 Å². The molecular weight excluding hydrogens is 335 g/mol. The van der Waals surface area contributed by atoms with Crippen LogP contribution in [0.4, 0.5) is 13.2 Å². The highest BCUT2D eigenvalue weighted by molar-refractivity contribution is 6.43. The van der Waals surface area contributed by atoms with Crippen molar-refractivity contribution >= 4 is 47.2 Å². The Hall–Kier alpha value is 0.0600. The molecule has 18 heavy (non-hydrogen) atoms. The normalized spacial score (nSPS) is 13.1. The highest BCUT2D eigenvalue weighted by atomic mass is 35.5. The van der Waals surface area contributed by atoms with E-state index in [1.807, 2.05) is 0 Å². The van der Waals surface area contributed by atoms with E-state index < -0.39 is 18.6 Å². The summed E-state index contributed by atoms with van der Waals surface area (Å²) < 4.78 is 36.2. The van der Waals surface area contributed by atoms with E-state index in [1.165, 1.54) is 6.20 Å². The van der Waals surface area contributed by atoms with Crippen molar-refractivity contribution in [3.63, 3.8) is 0 Å². The van der Waals surface area contributed by atoms with Gasteiger partial charge in [0.05, 0.1) is 10.0 Å². The zero-order chi connectivity index (χ0) is 13.2. The Labute approximate surface area is 123 Å². The predicted octanol–water partition coefficient (Wildman–Crippen LogP) is 4.81. The molecule has 2 N–H and O–H groups in total. The van der Waals surface area contributed by atoms with Crippen LogP contribution in [0, 0.1) is 0 Å². The zero-order valence-corrected chi connectivity index (χ0v) is 11.9. The number of rotatable bonds is 3. The molecule has 0 spiro atoms. The minimum atomic E-state index is -4.27. The number of halogens is 7. The predicted molar refractivity (Wildman–Crippen MR) is 68.7 cm³/mol. The van der Waals surface area contributed by atoms with Crippen molar-refractivity contribution in [2.45, 2.75) is 25.1 Å². The number of nitrogens with two attached hydrogens (primary N) is 1. The van der Waals surface area contributed by atoms with Crippen LogP contribution in [0.15, 0.2) is 6.20 Å². The molecule has 0 fully saturated rings. The molecule has 0 aromatic carbocycles. The maximum absolute atomic E-state index is 12.1. The Morgan fingerprint density at radius 3 is 2.33 bits per heavy atom. The fourth-order valence-electron chi connectivity index (χ4n) is 1.26. The van der Waals surface area contributed by atoms with Crippen LogP contribution in [0.25, 0.3) is 0 Å². The van der Waals surface area contributed by atoms with E-state index in [2.05, 4.69) is 4.98 Å². The number of pyridine rings is 1. The minimum Gasteiger partial charge on any atom is -0.324 e. The third-order valence-electron chi connectivity index (χ3n) is 2.08. The van der Waals surface area contributed by atoms with E-state index >= 15 is 0 Å². The largest absolute Gasteiger partial charge is 0.389 e. The summed E-state index contributed by atoms with van der Waals surface area (Å²) in [6, 6.07) is -0.933. The van der Waals surface area contributed by atoms with E-state index in [0.29, 0.717) is 0 Å². The smallest absolute Gasteiger partial charge is 0.324 e. The SMILES string of the molecule is Cl.N[C@@H](CCC(F)(F)F)c1c(Cl)cnc(Cl)c1Cl. The summed E-state index contributed by atoms with van der Waals surface area (Å²) in [5.74, 6) is 0. The van der Waals surface area contributed by atoms with Crippen LogP contribution in [0.2, 0.25) is 15.2 Å². The molecule has 0 saturated carbocycles. The fraction of sp³-hybridized carbons (Fsp3) is 0.444. The Balaban J connectivity index is 0.00000289. The highest BCUT2D eigenvalue weighted by Crippen LogP contribution is 2.36. The Morgan fingerprint density at radius 2 is 1.83 bits per heavy atom. The summed E-state index contributed by atoms with van der Waals surface area (Å²) in [4.78, 5) is 3.65. The first-order chi connectivity index (χ1) is 7.72. The fourth-order valence-corrected chi connectivity index (χ4v) is 2.03. The van der Waals surface area contributed by atoms with Crippen molar-refractivity contribution in [1.82, 2.24) is 4.98 Å².